The molecule has 0 fully saturated rings. The summed E-state index contributed by atoms with van der Waals surface area (Å²) < 4.78 is 10.4. The number of benzene rings is 2. The van der Waals surface area contributed by atoms with Crippen molar-refractivity contribution in [2.75, 3.05) is 12.4 Å². The van der Waals surface area contributed by atoms with Crippen LogP contribution in [0.15, 0.2) is 48.5 Å². The van der Waals surface area contributed by atoms with Crippen LogP contribution in [0.2, 0.25) is 5.02 Å². The van der Waals surface area contributed by atoms with Gasteiger partial charge in [-0.25, -0.2) is 4.79 Å². The molecule has 0 saturated heterocycles. The zero-order valence-corrected chi connectivity index (χ0v) is 14.4. The Morgan fingerprint density at radius 3 is 2.29 bits per heavy atom. The summed E-state index contributed by atoms with van der Waals surface area (Å²) in [6, 6.07) is 13.3. The maximum Gasteiger partial charge on any atom is 0.339 e. The van der Waals surface area contributed by atoms with Crippen molar-refractivity contribution in [2.45, 2.75) is 19.4 Å². The van der Waals surface area contributed by atoms with Crippen LogP contribution in [-0.2, 0) is 9.53 Å². The van der Waals surface area contributed by atoms with Crippen LogP contribution in [0.25, 0.3) is 0 Å². The molecule has 1 amide bonds. The van der Waals surface area contributed by atoms with Gasteiger partial charge in [-0.2, -0.15) is 0 Å². The summed E-state index contributed by atoms with van der Waals surface area (Å²) >= 11 is 5.83. The Hall–Kier alpha value is -2.53. The van der Waals surface area contributed by atoms with Gasteiger partial charge in [0.05, 0.1) is 18.4 Å². The number of methoxy groups -OCH3 is 1. The molecule has 2 aromatic carbocycles. The standard InChI is InChI=1S/C18H18ClNO4/c1-18(2,24-13-10-8-12(19)9-11-13)17(22)20-15-7-5-4-6-14(15)16(21)23-3/h4-11H,1-3H3,(H,20,22). The highest BCUT2D eigenvalue weighted by atomic mass is 35.5. The molecule has 5 nitrogen and oxygen atoms in total. The van der Waals surface area contributed by atoms with Crippen molar-refractivity contribution in [1.82, 2.24) is 0 Å². The van der Waals surface area contributed by atoms with Gasteiger partial charge in [0.15, 0.2) is 5.60 Å². The van der Waals surface area contributed by atoms with E-state index in [-0.39, 0.29) is 5.56 Å². The topological polar surface area (TPSA) is 64.6 Å². The Kier molecular flexibility index (Phi) is 5.46. The van der Waals surface area contributed by atoms with Gasteiger partial charge in [0.25, 0.3) is 5.91 Å². The highest BCUT2D eigenvalue weighted by Gasteiger charge is 2.31. The van der Waals surface area contributed by atoms with Crippen molar-refractivity contribution in [2.24, 2.45) is 0 Å². The molecule has 2 aromatic rings. The minimum Gasteiger partial charge on any atom is -0.478 e. The number of halogens is 1. The lowest BCUT2D eigenvalue weighted by molar-refractivity contribution is -0.128. The Morgan fingerprint density at radius 1 is 1.04 bits per heavy atom. The Morgan fingerprint density at radius 2 is 1.67 bits per heavy atom. The van der Waals surface area contributed by atoms with E-state index >= 15 is 0 Å². The predicted octanol–water partition coefficient (Wildman–Crippen LogP) is 3.92. The van der Waals surface area contributed by atoms with Gasteiger partial charge in [-0.1, -0.05) is 23.7 Å². The van der Waals surface area contributed by atoms with Crippen LogP contribution in [-0.4, -0.2) is 24.6 Å². The van der Waals surface area contributed by atoms with Crippen molar-refractivity contribution in [3.8, 4) is 5.75 Å². The first-order valence-corrected chi connectivity index (χ1v) is 7.64. The molecule has 0 aliphatic rings. The van der Waals surface area contributed by atoms with Crippen molar-refractivity contribution in [1.29, 1.82) is 0 Å². The van der Waals surface area contributed by atoms with Gasteiger partial charge < -0.3 is 14.8 Å². The van der Waals surface area contributed by atoms with Gasteiger partial charge in [-0.15, -0.1) is 0 Å². The fourth-order valence-corrected chi connectivity index (χ4v) is 2.12. The number of hydrogen-bond donors (Lipinski definition) is 1. The third-order valence-electron chi connectivity index (χ3n) is 3.31. The Balaban J connectivity index is 2.16. The number of ether oxygens (including phenoxy) is 2. The molecule has 2 rings (SSSR count). The van der Waals surface area contributed by atoms with E-state index in [1.165, 1.54) is 7.11 Å². The molecule has 0 radical (unpaired) electrons. The smallest absolute Gasteiger partial charge is 0.339 e. The summed E-state index contributed by atoms with van der Waals surface area (Å²) in [6.45, 7) is 3.27. The number of esters is 1. The minimum absolute atomic E-state index is 0.274. The van der Waals surface area contributed by atoms with E-state index in [1.807, 2.05) is 0 Å². The fraction of sp³-hybridized carbons (Fsp3) is 0.222. The highest BCUT2D eigenvalue weighted by molar-refractivity contribution is 6.30. The Bertz CT molecular complexity index is 741. The molecule has 0 aromatic heterocycles. The third-order valence-corrected chi connectivity index (χ3v) is 3.57. The molecule has 0 bridgehead atoms. The maximum atomic E-state index is 12.6. The first-order valence-electron chi connectivity index (χ1n) is 7.27. The van der Waals surface area contributed by atoms with Crippen molar-refractivity contribution in [3.63, 3.8) is 0 Å². The van der Waals surface area contributed by atoms with Gasteiger partial charge in [-0.05, 0) is 50.2 Å². The first-order chi connectivity index (χ1) is 11.3. The van der Waals surface area contributed by atoms with E-state index in [1.54, 1.807) is 62.4 Å². The maximum absolute atomic E-state index is 12.6. The van der Waals surface area contributed by atoms with Crippen molar-refractivity contribution < 1.29 is 19.1 Å². The lowest BCUT2D eigenvalue weighted by Crippen LogP contribution is -2.42. The van der Waals surface area contributed by atoms with Gasteiger partial charge in [0.2, 0.25) is 0 Å². The van der Waals surface area contributed by atoms with Crippen LogP contribution < -0.4 is 10.1 Å². The summed E-state index contributed by atoms with van der Waals surface area (Å²) in [5.41, 5.74) is -0.519. The molecule has 0 atom stereocenters. The van der Waals surface area contributed by atoms with E-state index in [0.717, 1.165) is 0 Å². The quantitative estimate of drug-likeness (QED) is 0.832. The Labute approximate surface area is 145 Å². The molecule has 0 unspecified atom stereocenters. The summed E-state index contributed by atoms with van der Waals surface area (Å²) in [5.74, 6) is -0.406. The second-order valence-corrected chi connectivity index (χ2v) is 5.99. The number of anilines is 1. The SMILES string of the molecule is COC(=O)c1ccccc1NC(=O)C(C)(C)Oc1ccc(Cl)cc1. The lowest BCUT2D eigenvalue weighted by Gasteiger charge is -2.25. The number of carbonyl (C=O) groups excluding carboxylic acids is 2. The molecule has 24 heavy (non-hydrogen) atoms. The zero-order chi connectivity index (χ0) is 17.7. The molecular formula is C18H18ClNO4. The molecule has 0 saturated carbocycles. The van der Waals surface area contributed by atoms with E-state index in [0.29, 0.717) is 16.5 Å². The average Bonchev–Trinajstić information content (AvgIpc) is 2.56. The molecule has 0 aliphatic carbocycles. The highest BCUT2D eigenvalue weighted by Crippen LogP contribution is 2.23. The first kappa shape index (κ1) is 17.8. The molecule has 0 heterocycles. The number of amides is 1. The van der Waals surface area contributed by atoms with Gasteiger partial charge in [-0.3, -0.25) is 4.79 Å². The number of para-hydroxylation sites is 1. The number of rotatable bonds is 5. The van der Waals surface area contributed by atoms with E-state index in [9.17, 15) is 9.59 Å². The lowest BCUT2D eigenvalue weighted by atomic mass is 10.1. The second kappa shape index (κ2) is 7.36. The fourth-order valence-electron chi connectivity index (χ4n) is 2.00. The van der Waals surface area contributed by atoms with Crippen LogP contribution in [0.5, 0.6) is 5.75 Å². The summed E-state index contributed by atoms with van der Waals surface area (Å²) in [4.78, 5) is 24.3. The number of nitrogens with one attached hydrogen (secondary N) is 1. The van der Waals surface area contributed by atoms with Crippen LogP contribution in [0.3, 0.4) is 0 Å². The van der Waals surface area contributed by atoms with Crippen molar-refractivity contribution >= 4 is 29.2 Å². The summed E-state index contributed by atoms with van der Waals surface area (Å²) in [5, 5.41) is 3.29. The van der Waals surface area contributed by atoms with Crippen LogP contribution >= 0.6 is 11.6 Å². The van der Waals surface area contributed by atoms with E-state index < -0.39 is 17.5 Å². The monoisotopic (exact) mass is 347 g/mol. The largest absolute Gasteiger partial charge is 0.478 e. The molecule has 126 valence electrons. The molecule has 6 heteroatoms. The van der Waals surface area contributed by atoms with Gasteiger partial charge in [0, 0.05) is 5.02 Å². The second-order valence-electron chi connectivity index (χ2n) is 5.56. The van der Waals surface area contributed by atoms with Gasteiger partial charge >= 0.3 is 5.97 Å². The molecular weight excluding hydrogens is 330 g/mol. The zero-order valence-electron chi connectivity index (χ0n) is 13.6. The van der Waals surface area contributed by atoms with Crippen molar-refractivity contribution in [3.05, 3.63) is 59.1 Å². The van der Waals surface area contributed by atoms with Crippen LogP contribution in [0.1, 0.15) is 24.2 Å². The van der Waals surface area contributed by atoms with Crippen LogP contribution in [0.4, 0.5) is 5.69 Å². The molecule has 1 N–H and O–H groups in total. The van der Waals surface area contributed by atoms with E-state index in [2.05, 4.69) is 5.32 Å². The van der Waals surface area contributed by atoms with E-state index in [4.69, 9.17) is 21.1 Å². The molecule has 0 spiro atoms. The normalized spacial score (nSPS) is 10.8. The average molecular weight is 348 g/mol. The number of hydrogen-bond acceptors (Lipinski definition) is 4. The summed E-state index contributed by atoms with van der Waals surface area (Å²) in [7, 11) is 1.29. The molecule has 0 aliphatic heterocycles. The van der Waals surface area contributed by atoms with Crippen LogP contribution in [0, 0.1) is 0 Å². The summed E-state index contributed by atoms with van der Waals surface area (Å²) in [6.07, 6.45) is 0. The number of carbonyl (C=O) groups is 2. The minimum atomic E-state index is -1.16. The third kappa shape index (κ3) is 4.26. The predicted molar refractivity (Wildman–Crippen MR) is 92.6 cm³/mol. The van der Waals surface area contributed by atoms with Gasteiger partial charge in [0.1, 0.15) is 5.75 Å².